The van der Waals surface area contributed by atoms with Gasteiger partial charge < -0.3 is 5.32 Å². The Hall–Kier alpha value is -0.710. The average molecular weight is 267 g/mol. The third kappa shape index (κ3) is 2.66. The molecule has 2 unspecified atom stereocenters. The van der Waals surface area contributed by atoms with E-state index >= 15 is 0 Å². The van der Waals surface area contributed by atoms with Gasteiger partial charge in [0.2, 0.25) is 0 Å². The quantitative estimate of drug-likeness (QED) is 0.826. The lowest BCUT2D eigenvalue weighted by Gasteiger charge is -2.24. The molecule has 1 N–H and O–H groups in total. The van der Waals surface area contributed by atoms with Crippen LogP contribution in [-0.2, 0) is 6.54 Å². The van der Waals surface area contributed by atoms with Gasteiger partial charge in [0.05, 0.1) is 6.54 Å². The van der Waals surface area contributed by atoms with Gasteiger partial charge in [0.15, 0.2) is 0 Å². The summed E-state index contributed by atoms with van der Waals surface area (Å²) in [6.45, 7) is 6.21. The summed E-state index contributed by atoms with van der Waals surface area (Å²) in [5.41, 5.74) is 0.944. The first-order chi connectivity index (χ1) is 8.70. The largest absolute Gasteiger partial charge is 0.312 e. The fourth-order valence-corrected chi connectivity index (χ4v) is 3.38. The van der Waals surface area contributed by atoms with Gasteiger partial charge in [-0.25, -0.2) is 9.97 Å². The molecule has 1 aromatic heterocycles. The number of halogens is 1. The van der Waals surface area contributed by atoms with E-state index in [4.69, 9.17) is 11.6 Å². The molecule has 0 bridgehead atoms. The van der Waals surface area contributed by atoms with E-state index in [0.29, 0.717) is 11.2 Å². The van der Waals surface area contributed by atoms with Gasteiger partial charge in [-0.3, -0.25) is 4.90 Å². The molecule has 0 amide bonds. The molecule has 0 radical (unpaired) electrons. The lowest BCUT2D eigenvalue weighted by Crippen LogP contribution is -2.40. The predicted octanol–water partition coefficient (Wildman–Crippen LogP) is 1.62. The van der Waals surface area contributed by atoms with Gasteiger partial charge in [-0.05, 0) is 38.3 Å². The number of nitrogens with zero attached hydrogens (tertiary/aromatic N) is 3. The number of hydrogen-bond donors (Lipinski definition) is 1. The monoisotopic (exact) mass is 266 g/mol. The van der Waals surface area contributed by atoms with Gasteiger partial charge in [0.1, 0.15) is 11.0 Å². The fourth-order valence-electron chi connectivity index (χ4n) is 3.12. The second-order valence-electron chi connectivity index (χ2n) is 5.41. The standard InChI is InChI=1S/C13H19ClN4/c1-9-5-12(14)17-13(16-9)8-18-6-10-3-2-4-15-11(10)7-18/h5,10-11,15H,2-4,6-8H2,1H3. The number of aryl methyl sites for hydroxylation is 1. The molecule has 5 heteroatoms. The Bertz CT molecular complexity index is 403. The van der Waals surface area contributed by atoms with E-state index in [1.807, 2.05) is 6.92 Å². The molecule has 0 spiro atoms. The Morgan fingerprint density at radius 1 is 1.44 bits per heavy atom. The molecule has 2 saturated heterocycles. The zero-order valence-electron chi connectivity index (χ0n) is 10.7. The van der Waals surface area contributed by atoms with Crippen LogP contribution in [0.25, 0.3) is 0 Å². The first-order valence-corrected chi connectivity index (χ1v) is 7.04. The number of piperidine rings is 1. The number of nitrogens with one attached hydrogen (secondary N) is 1. The maximum atomic E-state index is 5.98. The van der Waals surface area contributed by atoms with Crippen LogP contribution in [0, 0.1) is 12.8 Å². The number of likely N-dealkylation sites (tertiary alicyclic amines) is 1. The lowest BCUT2D eigenvalue weighted by molar-refractivity contribution is 0.305. The van der Waals surface area contributed by atoms with Crippen molar-refractivity contribution in [2.24, 2.45) is 5.92 Å². The Labute approximate surface area is 113 Å². The van der Waals surface area contributed by atoms with Crippen LogP contribution in [0.4, 0.5) is 0 Å². The van der Waals surface area contributed by atoms with Gasteiger partial charge in [-0.15, -0.1) is 0 Å². The molecule has 2 aliphatic rings. The van der Waals surface area contributed by atoms with Gasteiger partial charge in [0.25, 0.3) is 0 Å². The Kier molecular flexibility index (Phi) is 3.50. The molecule has 18 heavy (non-hydrogen) atoms. The highest BCUT2D eigenvalue weighted by atomic mass is 35.5. The molecular weight excluding hydrogens is 248 g/mol. The maximum Gasteiger partial charge on any atom is 0.144 e. The fraction of sp³-hybridized carbons (Fsp3) is 0.692. The molecule has 0 aliphatic carbocycles. The minimum Gasteiger partial charge on any atom is -0.312 e. The van der Waals surface area contributed by atoms with E-state index in [2.05, 4.69) is 20.2 Å². The highest BCUT2D eigenvalue weighted by Gasteiger charge is 2.34. The molecule has 1 aromatic rings. The molecule has 2 atom stereocenters. The van der Waals surface area contributed by atoms with Crippen molar-refractivity contribution in [2.45, 2.75) is 32.4 Å². The first-order valence-electron chi connectivity index (χ1n) is 6.66. The Morgan fingerprint density at radius 2 is 2.33 bits per heavy atom. The van der Waals surface area contributed by atoms with Crippen LogP contribution in [0.3, 0.4) is 0 Å². The second kappa shape index (κ2) is 5.11. The lowest BCUT2D eigenvalue weighted by atomic mass is 9.94. The van der Waals surface area contributed by atoms with Crippen molar-refractivity contribution in [3.05, 3.63) is 22.7 Å². The maximum absolute atomic E-state index is 5.98. The van der Waals surface area contributed by atoms with Crippen LogP contribution < -0.4 is 5.32 Å². The molecule has 3 heterocycles. The summed E-state index contributed by atoms with van der Waals surface area (Å²) in [7, 11) is 0. The van der Waals surface area contributed by atoms with Gasteiger partial charge >= 0.3 is 0 Å². The molecular formula is C13H19ClN4. The van der Waals surface area contributed by atoms with Gasteiger partial charge in [-0.1, -0.05) is 11.6 Å². The van der Waals surface area contributed by atoms with Gasteiger partial charge in [-0.2, -0.15) is 0 Å². The van der Waals surface area contributed by atoms with E-state index < -0.39 is 0 Å². The molecule has 2 fully saturated rings. The first kappa shape index (κ1) is 12.3. The summed E-state index contributed by atoms with van der Waals surface area (Å²) < 4.78 is 0. The SMILES string of the molecule is Cc1cc(Cl)nc(CN2CC3CCCNC3C2)n1. The van der Waals surface area contributed by atoms with Crippen LogP contribution in [-0.4, -0.2) is 40.5 Å². The van der Waals surface area contributed by atoms with Crippen molar-refractivity contribution in [2.75, 3.05) is 19.6 Å². The zero-order chi connectivity index (χ0) is 12.5. The Balaban J connectivity index is 1.66. The van der Waals surface area contributed by atoms with Crippen LogP contribution in [0.1, 0.15) is 24.4 Å². The minimum atomic E-state index is 0.548. The van der Waals surface area contributed by atoms with Gasteiger partial charge in [0, 0.05) is 24.8 Å². The van der Waals surface area contributed by atoms with Crippen molar-refractivity contribution in [1.29, 1.82) is 0 Å². The Morgan fingerprint density at radius 3 is 3.11 bits per heavy atom. The van der Waals surface area contributed by atoms with Crippen molar-refractivity contribution in [1.82, 2.24) is 20.2 Å². The summed E-state index contributed by atoms with van der Waals surface area (Å²) in [6.07, 6.45) is 2.66. The van der Waals surface area contributed by atoms with Crippen LogP contribution >= 0.6 is 11.6 Å². The molecule has 4 nitrogen and oxygen atoms in total. The summed E-state index contributed by atoms with van der Waals surface area (Å²) in [4.78, 5) is 11.2. The number of rotatable bonds is 2. The summed E-state index contributed by atoms with van der Waals surface area (Å²) in [6, 6.07) is 2.47. The van der Waals surface area contributed by atoms with Crippen molar-refractivity contribution < 1.29 is 0 Å². The number of hydrogen-bond acceptors (Lipinski definition) is 4. The third-order valence-corrected chi connectivity index (χ3v) is 4.10. The van der Waals surface area contributed by atoms with Crippen molar-refractivity contribution in [3.63, 3.8) is 0 Å². The average Bonchev–Trinajstić information content (AvgIpc) is 2.69. The smallest absolute Gasteiger partial charge is 0.144 e. The second-order valence-corrected chi connectivity index (χ2v) is 5.79. The number of aromatic nitrogens is 2. The van der Waals surface area contributed by atoms with Crippen LogP contribution in [0.5, 0.6) is 0 Å². The van der Waals surface area contributed by atoms with E-state index in [-0.39, 0.29) is 0 Å². The van der Waals surface area contributed by atoms with Crippen LogP contribution in [0.15, 0.2) is 6.07 Å². The highest BCUT2D eigenvalue weighted by Crippen LogP contribution is 2.25. The van der Waals surface area contributed by atoms with E-state index in [0.717, 1.165) is 37.1 Å². The molecule has 0 saturated carbocycles. The molecule has 98 valence electrons. The number of fused-ring (bicyclic) bond motifs is 1. The highest BCUT2D eigenvalue weighted by molar-refractivity contribution is 6.29. The molecule has 3 rings (SSSR count). The predicted molar refractivity (Wildman–Crippen MR) is 71.6 cm³/mol. The third-order valence-electron chi connectivity index (χ3n) is 3.91. The van der Waals surface area contributed by atoms with Crippen molar-refractivity contribution >= 4 is 11.6 Å². The van der Waals surface area contributed by atoms with E-state index in [9.17, 15) is 0 Å². The summed E-state index contributed by atoms with van der Waals surface area (Å²) >= 11 is 5.98. The van der Waals surface area contributed by atoms with E-state index in [1.54, 1.807) is 6.07 Å². The zero-order valence-corrected chi connectivity index (χ0v) is 11.5. The molecule has 0 aromatic carbocycles. The van der Waals surface area contributed by atoms with Crippen LogP contribution in [0.2, 0.25) is 5.15 Å². The summed E-state index contributed by atoms with van der Waals surface area (Å²) in [5, 5.41) is 4.16. The summed E-state index contributed by atoms with van der Waals surface area (Å²) in [5.74, 6) is 1.65. The molecule has 2 aliphatic heterocycles. The van der Waals surface area contributed by atoms with Crippen molar-refractivity contribution in [3.8, 4) is 0 Å². The normalized spacial score (nSPS) is 28.3. The topological polar surface area (TPSA) is 41.1 Å². The van der Waals surface area contributed by atoms with E-state index in [1.165, 1.54) is 19.4 Å². The minimum absolute atomic E-state index is 0.548.